The van der Waals surface area contributed by atoms with Gasteiger partial charge in [-0.3, -0.25) is 14.7 Å². The predicted molar refractivity (Wildman–Crippen MR) is 156 cm³/mol. The lowest BCUT2D eigenvalue weighted by Gasteiger charge is -2.41. The lowest BCUT2D eigenvalue weighted by atomic mass is 9.82. The fourth-order valence-electron chi connectivity index (χ4n) is 5.14. The van der Waals surface area contributed by atoms with Gasteiger partial charge in [-0.25, -0.2) is 0 Å². The first-order valence-corrected chi connectivity index (χ1v) is 13.2. The van der Waals surface area contributed by atoms with Crippen LogP contribution < -0.4 is 0 Å². The summed E-state index contributed by atoms with van der Waals surface area (Å²) in [6, 6.07) is 44.2. The molecule has 0 aliphatic heterocycles. The van der Waals surface area contributed by atoms with Crippen molar-refractivity contribution in [1.82, 2.24) is 9.88 Å². The Balaban J connectivity index is 1.57. The molecule has 194 valence electrons. The number of aliphatic carboxylic acids is 1. The summed E-state index contributed by atoms with van der Waals surface area (Å²) in [5.41, 5.74) is 4.85. The summed E-state index contributed by atoms with van der Waals surface area (Å²) < 4.78 is 0. The molecule has 0 aliphatic rings. The first kappa shape index (κ1) is 26.1. The van der Waals surface area contributed by atoms with E-state index in [4.69, 9.17) is 0 Å². The van der Waals surface area contributed by atoms with Crippen molar-refractivity contribution in [2.75, 3.05) is 0 Å². The van der Waals surface area contributed by atoms with Gasteiger partial charge in [-0.15, -0.1) is 0 Å². The van der Waals surface area contributed by atoms with Crippen LogP contribution in [0.3, 0.4) is 0 Å². The Morgan fingerprint density at radius 1 is 0.590 bits per heavy atom. The van der Waals surface area contributed by atoms with Crippen molar-refractivity contribution in [3.63, 3.8) is 0 Å². The number of benzene rings is 4. The van der Waals surface area contributed by atoms with Crippen LogP contribution in [0.2, 0.25) is 0 Å². The molecule has 4 aromatic carbocycles. The minimum absolute atomic E-state index is 0.361. The molecule has 0 fully saturated rings. The van der Waals surface area contributed by atoms with E-state index in [1.807, 2.05) is 109 Å². The SMILES string of the molecule is O=C(O)[C@](Cc1ccccc1)(Cc1ccc(-c2ccccn2)cc1)N(Cc1ccccc1)Cc1ccccc1. The molecule has 0 spiro atoms. The van der Waals surface area contributed by atoms with Crippen LogP contribution in [0, 0.1) is 0 Å². The zero-order valence-corrected chi connectivity index (χ0v) is 21.9. The Morgan fingerprint density at radius 3 is 1.51 bits per heavy atom. The Hall–Kier alpha value is -4.54. The van der Waals surface area contributed by atoms with Crippen LogP contribution in [0.25, 0.3) is 11.3 Å². The minimum Gasteiger partial charge on any atom is -0.480 e. The zero-order valence-electron chi connectivity index (χ0n) is 21.9. The third-order valence-electron chi connectivity index (χ3n) is 7.19. The van der Waals surface area contributed by atoms with Crippen molar-refractivity contribution in [2.45, 2.75) is 31.5 Å². The molecular weight excluding hydrogens is 480 g/mol. The smallest absolute Gasteiger partial charge is 0.324 e. The van der Waals surface area contributed by atoms with E-state index in [-0.39, 0.29) is 0 Å². The normalized spacial score (nSPS) is 12.6. The molecule has 4 heteroatoms. The summed E-state index contributed by atoms with van der Waals surface area (Å²) in [5, 5.41) is 11.1. The highest BCUT2D eigenvalue weighted by atomic mass is 16.4. The highest BCUT2D eigenvalue weighted by Gasteiger charge is 2.44. The molecule has 5 aromatic rings. The van der Waals surface area contributed by atoms with Crippen LogP contribution in [0.5, 0.6) is 0 Å². The van der Waals surface area contributed by atoms with Crippen LogP contribution in [0.15, 0.2) is 140 Å². The molecule has 0 amide bonds. The van der Waals surface area contributed by atoms with Gasteiger partial charge in [-0.1, -0.05) is 121 Å². The maximum absolute atomic E-state index is 13.5. The average Bonchev–Trinajstić information content (AvgIpc) is 2.99. The van der Waals surface area contributed by atoms with Crippen molar-refractivity contribution in [3.8, 4) is 11.3 Å². The topological polar surface area (TPSA) is 53.4 Å². The number of carboxylic acid groups (broad SMARTS) is 1. The maximum Gasteiger partial charge on any atom is 0.324 e. The van der Waals surface area contributed by atoms with Gasteiger partial charge in [0.2, 0.25) is 0 Å². The van der Waals surface area contributed by atoms with Gasteiger partial charge in [-0.2, -0.15) is 0 Å². The van der Waals surface area contributed by atoms with Gasteiger partial charge in [0.1, 0.15) is 5.54 Å². The molecule has 1 aromatic heterocycles. The number of hydrogen-bond acceptors (Lipinski definition) is 3. The summed E-state index contributed by atoms with van der Waals surface area (Å²) in [5.74, 6) is -0.827. The molecule has 0 saturated carbocycles. The van der Waals surface area contributed by atoms with E-state index in [0.29, 0.717) is 25.9 Å². The van der Waals surface area contributed by atoms with E-state index < -0.39 is 11.5 Å². The van der Waals surface area contributed by atoms with Crippen LogP contribution in [-0.4, -0.2) is 26.5 Å². The Bertz CT molecular complexity index is 1420. The summed E-state index contributed by atoms with van der Waals surface area (Å²) >= 11 is 0. The zero-order chi connectivity index (χ0) is 26.9. The monoisotopic (exact) mass is 512 g/mol. The molecule has 0 saturated heterocycles. The van der Waals surface area contributed by atoms with Crippen molar-refractivity contribution in [2.24, 2.45) is 0 Å². The molecular formula is C35H32N2O2. The van der Waals surface area contributed by atoms with E-state index in [1.165, 1.54) is 0 Å². The molecule has 0 radical (unpaired) electrons. The van der Waals surface area contributed by atoms with Crippen LogP contribution in [0.4, 0.5) is 0 Å². The van der Waals surface area contributed by atoms with Gasteiger partial charge in [0.15, 0.2) is 0 Å². The van der Waals surface area contributed by atoms with Crippen molar-refractivity contribution < 1.29 is 9.90 Å². The largest absolute Gasteiger partial charge is 0.480 e. The fraction of sp³-hybridized carbons (Fsp3) is 0.143. The Kier molecular flexibility index (Phi) is 8.25. The molecule has 5 rings (SSSR count). The van der Waals surface area contributed by atoms with Crippen molar-refractivity contribution in [3.05, 3.63) is 162 Å². The van der Waals surface area contributed by atoms with Crippen LogP contribution in [0.1, 0.15) is 22.3 Å². The molecule has 1 N–H and O–H groups in total. The number of nitrogens with zero attached hydrogens (tertiary/aromatic N) is 2. The highest BCUT2D eigenvalue weighted by Crippen LogP contribution is 2.31. The molecule has 0 unspecified atom stereocenters. The minimum atomic E-state index is -1.18. The standard InChI is InChI=1S/C35H32N2O2/c38-34(39)35(24-28-12-4-1-5-13-28,25-29-19-21-32(22-20-29)33-18-10-11-23-36-33)37(26-30-14-6-2-7-15-30)27-31-16-8-3-9-17-31/h1-23H,24-27H2,(H,38,39)/t35-/m0/s1. The lowest BCUT2D eigenvalue weighted by molar-refractivity contribution is -0.153. The predicted octanol–water partition coefficient (Wildman–Crippen LogP) is 7.06. The van der Waals surface area contributed by atoms with Crippen molar-refractivity contribution >= 4 is 5.97 Å². The number of aromatic nitrogens is 1. The molecule has 4 nitrogen and oxygen atoms in total. The second-order valence-corrected chi connectivity index (χ2v) is 9.92. The highest BCUT2D eigenvalue weighted by molar-refractivity contribution is 5.80. The van der Waals surface area contributed by atoms with Gasteiger partial charge in [0, 0.05) is 37.7 Å². The number of carboxylic acids is 1. The number of pyridine rings is 1. The summed E-state index contributed by atoms with van der Waals surface area (Å²) in [6.45, 7) is 1.03. The van der Waals surface area contributed by atoms with Gasteiger partial charge in [-0.05, 0) is 34.4 Å². The molecule has 1 atom stereocenters. The maximum atomic E-state index is 13.5. The number of rotatable bonds is 11. The second kappa shape index (κ2) is 12.3. The lowest BCUT2D eigenvalue weighted by Crippen LogP contribution is -2.57. The molecule has 1 heterocycles. The number of carbonyl (C=O) groups is 1. The van der Waals surface area contributed by atoms with Gasteiger partial charge >= 0.3 is 5.97 Å². The van der Waals surface area contributed by atoms with Gasteiger partial charge in [0.05, 0.1) is 5.69 Å². The summed E-state index contributed by atoms with van der Waals surface area (Å²) in [7, 11) is 0. The van der Waals surface area contributed by atoms with E-state index >= 15 is 0 Å². The summed E-state index contributed by atoms with van der Waals surface area (Å²) in [6.07, 6.45) is 2.52. The third kappa shape index (κ3) is 6.49. The van der Waals surface area contributed by atoms with E-state index in [9.17, 15) is 9.90 Å². The molecule has 0 aliphatic carbocycles. The first-order valence-electron chi connectivity index (χ1n) is 13.2. The Labute approximate surface area is 230 Å². The average molecular weight is 513 g/mol. The van der Waals surface area contributed by atoms with Gasteiger partial charge in [0.25, 0.3) is 0 Å². The Morgan fingerprint density at radius 2 is 1.05 bits per heavy atom. The summed E-state index contributed by atoms with van der Waals surface area (Å²) in [4.78, 5) is 20.1. The van der Waals surface area contributed by atoms with E-state index in [0.717, 1.165) is 33.5 Å². The first-order chi connectivity index (χ1) is 19.1. The third-order valence-corrected chi connectivity index (χ3v) is 7.19. The fourth-order valence-corrected chi connectivity index (χ4v) is 5.14. The van der Waals surface area contributed by atoms with E-state index in [2.05, 4.69) is 34.1 Å². The van der Waals surface area contributed by atoms with Crippen LogP contribution >= 0.6 is 0 Å². The number of hydrogen-bond donors (Lipinski definition) is 1. The molecule has 39 heavy (non-hydrogen) atoms. The second-order valence-electron chi connectivity index (χ2n) is 9.92. The van der Waals surface area contributed by atoms with Crippen LogP contribution in [-0.2, 0) is 30.7 Å². The van der Waals surface area contributed by atoms with Gasteiger partial charge < -0.3 is 5.11 Å². The molecule has 0 bridgehead atoms. The quantitative estimate of drug-likeness (QED) is 0.206. The van der Waals surface area contributed by atoms with Crippen molar-refractivity contribution in [1.29, 1.82) is 0 Å². The van der Waals surface area contributed by atoms with E-state index in [1.54, 1.807) is 6.20 Å².